The molecule has 0 saturated carbocycles. The van der Waals surface area contributed by atoms with E-state index in [4.69, 9.17) is 16.3 Å². The molecule has 5 nitrogen and oxygen atoms in total. The van der Waals surface area contributed by atoms with Crippen molar-refractivity contribution in [2.24, 2.45) is 5.41 Å². The van der Waals surface area contributed by atoms with Gasteiger partial charge < -0.3 is 10.1 Å². The lowest BCUT2D eigenvalue weighted by atomic mass is 9.73. The molecule has 0 radical (unpaired) electrons. The van der Waals surface area contributed by atoms with E-state index in [1.165, 1.54) is 0 Å². The van der Waals surface area contributed by atoms with Gasteiger partial charge in [-0.3, -0.25) is 14.5 Å². The Morgan fingerprint density at radius 3 is 2.58 bits per heavy atom. The standard InChI is InChI=1S/C30H31ClN2O3/c1-19(34)33-26-12-8-7-11-24(26)32-25-16-30(2,3)17-27(35)28(25)29(33)22-14-13-21(15-23(22)31)36-18-20-9-5-4-6-10-20/h4-6,9-15,29,32H,7-8,16-18H2,1-3H3. The second-order valence-corrected chi connectivity index (χ2v) is 10.9. The highest BCUT2D eigenvalue weighted by molar-refractivity contribution is 6.31. The number of carbonyl (C=O) groups excluding carboxylic acids is 2. The Bertz CT molecular complexity index is 1310. The zero-order valence-electron chi connectivity index (χ0n) is 20.9. The van der Waals surface area contributed by atoms with E-state index < -0.39 is 6.04 Å². The Morgan fingerprint density at radius 1 is 1.11 bits per heavy atom. The number of halogens is 1. The quantitative estimate of drug-likeness (QED) is 0.510. The average molecular weight is 503 g/mol. The zero-order valence-corrected chi connectivity index (χ0v) is 21.7. The fraction of sp³-hybridized carbons (Fsp3) is 0.333. The van der Waals surface area contributed by atoms with Gasteiger partial charge in [0.2, 0.25) is 5.91 Å². The first kappa shape index (κ1) is 24.4. The number of nitrogens with one attached hydrogen (secondary N) is 1. The van der Waals surface area contributed by atoms with Gasteiger partial charge in [0, 0.05) is 29.6 Å². The van der Waals surface area contributed by atoms with Gasteiger partial charge in [-0.1, -0.05) is 74.0 Å². The number of benzene rings is 2. The third-order valence-electron chi connectivity index (χ3n) is 6.98. The molecule has 0 bridgehead atoms. The summed E-state index contributed by atoms with van der Waals surface area (Å²) in [6, 6.07) is 14.8. The lowest BCUT2D eigenvalue weighted by molar-refractivity contribution is -0.128. The van der Waals surface area contributed by atoms with Crippen LogP contribution in [-0.4, -0.2) is 16.6 Å². The largest absolute Gasteiger partial charge is 0.489 e. The van der Waals surface area contributed by atoms with E-state index in [0.29, 0.717) is 34.9 Å². The molecule has 2 aromatic rings. The monoisotopic (exact) mass is 502 g/mol. The van der Waals surface area contributed by atoms with E-state index >= 15 is 0 Å². The molecule has 186 valence electrons. The first-order valence-electron chi connectivity index (χ1n) is 12.4. The molecule has 1 heterocycles. The smallest absolute Gasteiger partial charge is 0.224 e. The van der Waals surface area contributed by atoms with Crippen molar-refractivity contribution in [3.8, 4) is 5.75 Å². The summed E-state index contributed by atoms with van der Waals surface area (Å²) < 4.78 is 5.98. The Morgan fingerprint density at radius 2 is 1.86 bits per heavy atom. The molecule has 5 rings (SSSR count). The number of ether oxygens (including phenoxy) is 1. The van der Waals surface area contributed by atoms with Crippen LogP contribution in [0.4, 0.5) is 0 Å². The predicted molar refractivity (Wildman–Crippen MR) is 141 cm³/mol. The van der Waals surface area contributed by atoms with E-state index in [0.717, 1.165) is 41.9 Å². The highest BCUT2D eigenvalue weighted by Crippen LogP contribution is 2.48. The minimum atomic E-state index is -0.612. The summed E-state index contributed by atoms with van der Waals surface area (Å²) >= 11 is 6.87. The molecular weight excluding hydrogens is 472 g/mol. The second-order valence-electron chi connectivity index (χ2n) is 10.5. The topological polar surface area (TPSA) is 58.6 Å². The highest BCUT2D eigenvalue weighted by Gasteiger charge is 2.44. The molecule has 1 N–H and O–H groups in total. The number of hydrogen-bond donors (Lipinski definition) is 1. The number of hydrogen-bond acceptors (Lipinski definition) is 4. The lowest BCUT2D eigenvalue weighted by Gasteiger charge is -2.37. The summed E-state index contributed by atoms with van der Waals surface area (Å²) in [5.74, 6) is 0.550. The van der Waals surface area contributed by atoms with Crippen molar-refractivity contribution >= 4 is 23.3 Å². The van der Waals surface area contributed by atoms with Crippen molar-refractivity contribution in [3.05, 3.63) is 99.5 Å². The van der Waals surface area contributed by atoms with E-state index in [9.17, 15) is 9.59 Å². The van der Waals surface area contributed by atoms with Gasteiger partial charge in [-0.15, -0.1) is 0 Å². The normalized spacial score (nSPS) is 20.9. The number of carbonyl (C=O) groups is 2. The maximum absolute atomic E-state index is 13.6. The predicted octanol–water partition coefficient (Wildman–Crippen LogP) is 6.62. The summed E-state index contributed by atoms with van der Waals surface area (Å²) in [7, 11) is 0. The van der Waals surface area contributed by atoms with Gasteiger partial charge in [0.1, 0.15) is 12.4 Å². The van der Waals surface area contributed by atoms with Crippen LogP contribution in [0.15, 0.2) is 83.3 Å². The Balaban J connectivity index is 1.59. The molecule has 3 aliphatic rings. The minimum absolute atomic E-state index is 0.0466. The fourth-order valence-corrected chi connectivity index (χ4v) is 5.68. The first-order chi connectivity index (χ1) is 17.2. The molecule has 0 saturated heterocycles. The maximum Gasteiger partial charge on any atom is 0.224 e. The minimum Gasteiger partial charge on any atom is -0.489 e. The van der Waals surface area contributed by atoms with Crippen LogP contribution in [0.3, 0.4) is 0 Å². The van der Waals surface area contributed by atoms with Crippen LogP contribution < -0.4 is 10.1 Å². The van der Waals surface area contributed by atoms with E-state index in [1.54, 1.807) is 17.9 Å². The third kappa shape index (κ3) is 4.72. The van der Waals surface area contributed by atoms with Crippen molar-refractivity contribution in [2.75, 3.05) is 0 Å². The van der Waals surface area contributed by atoms with Crippen LogP contribution >= 0.6 is 11.6 Å². The van der Waals surface area contributed by atoms with Crippen LogP contribution in [0.5, 0.6) is 5.75 Å². The van der Waals surface area contributed by atoms with Gasteiger partial charge in [0.15, 0.2) is 5.78 Å². The van der Waals surface area contributed by atoms with Crippen molar-refractivity contribution in [3.63, 3.8) is 0 Å². The van der Waals surface area contributed by atoms with Crippen LogP contribution in [0.25, 0.3) is 0 Å². The van der Waals surface area contributed by atoms with E-state index in [1.807, 2.05) is 42.5 Å². The van der Waals surface area contributed by atoms with E-state index in [2.05, 4.69) is 31.3 Å². The summed E-state index contributed by atoms with van der Waals surface area (Å²) in [5.41, 5.74) is 4.80. The molecular formula is C30H31ClN2O3. The van der Waals surface area contributed by atoms with Gasteiger partial charge >= 0.3 is 0 Å². The summed E-state index contributed by atoms with van der Waals surface area (Å²) in [4.78, 5) is 28.6. The van der Waals surface area contributed by atoms with Crippen molar-refractivity contribution in [1.29, 1.82) is 0 Å². The van der Waals surface area contributed by atoms with Gasteiger partial charge in [0.05, 0.1) is 17.4 Å². The van der Waals surface area contributed by atoms with Gasteiger partial charge in [-0.25, -0.2) is 0 Å². The SMILES string of the molecule is CC(=O)N1C2=CCCC=C2NC2=C(C(=O)CC(C)(C)C2)C1c1ccc(OCc2ccccc2)cc1Cl. The molecule has 0 spiro atoms. The molecule has 1 amide bonds. The van der Waals surface area contributed by atoms with Crippen molar-refractivity contribution in [1.82, 2.24) is 10.2 Å². The first-order valence-corrected chi connectivity index (χ1v) is 12.8. The number of fused-ring (bicyclic) bond motifs is 1. The number of nitrogens with zero attached hydrogens (tertiary/aromatic N) is 1. The van der Waals surface area contributed by atoms with Gasteiger partial charge in [-0.05, 0) is 47.9 Å². The summed E-state index contributed by atoms with van der Waals surface area (Å²) in [6.45, 7) is 6.19. The number of amides is 1. The van der Waals surface area contributed by atoms with Crippen molar-refractivity contribution < 1.29 is 14.3 Å². The molecule has 0 fully saturated rings. The van der Waals surface area contributed by atoms with Crippen LogP contribution in [0.1, 0.15) is 63.6 Å². The van der Waals surface area contributed by atoms with Crippen molar-refractivity contribution in [2.45, 2.75) is 59.1 Å². The molecule has 36 heavy (non-hydrogen) atoms. The van der Waals surface area contributed by atoms with Gasteiger partial charge in [0.25, 0.3) is 0 Å². The third-order valence-corrected chi connectivity index (χ3v) is 7.31. The van der Waals surface area contributed by atoms with Crippen LogP contribution in [-0.2, 0) is 16.2 Å². The molecule has 6 heteroatoms. The zero-order chi connectivity index (χ0) is 25.4. The number of rotatable bonds is 4. The number of Topliss-reactive ketones (excluding diaryl/α,β-unsaturated/α-hetero) is 1. The molecule has 1 atom stereocenters. The van der Waals surface area contributed by atoms with Crippen LogP contribution in [0.2, 0.25) is 5.02 Å². The Hall–Kier alpha value is -3.31. The Labute approximate surface area is 217 Å². The van der Waals surface area contributed by atoms with Crippen LogP contribution in [0, 0.1) is 5.41 Å². The second kappa shape index (κ2) is 9.62. The molecule has 1 aliphatic heterocycles. The van der Waals surface area contributed by atoms with Gasteiger partial charge in [-0.2, -0.15) is 0 Å². The Kier molecular flexibility index (Phi) is 6.52. The van der Waals surface area contributed by atoms with E-state index in [-0.39, 0.29) is 17.1 Å². The number of ketones is 1. The molecule has 2 aliphatic carbocycles. The maximum atomic E-state index is 13.6. The fourth-order valence-electron chi connectivity index (χ4n) is 5.41. The summed E-state index contributed by atoms with van der Waals surface area (Å²) in [5, 5.41) is 4.01. The molecule has 0 aromatic heterocycles. The lowest BCUT2D eigenvalue weighted by Crippen LogP contribution is -2.37. The summed E-state index contributed by atoms with van der Waals surface area (Å²) in [6.07, 6.45) is 7.06. The average Bonchev–Trinajstić information content (AvgIpc) is 2.97. The molecule has 1 unspecified atom stereocenters. The number of allylic oxidation sites excluding steroid dienone is 3. The molecule has 2 aromatic carbocycles. The highest BCUT2D eigenvalue weighted by atomic mass is 35.5.